The molecule has 4 aliphatic rings. The smallest absolute Gasteiger partial charge is 0.228 e. The minimum atomic E-state index is -0.287. The van der Waals surface area contributed by atoms with Gasteiger partial charge in [-0.05, 0) is 62.5 Å². The molecular formula is C22H30ClNO4. The zero-order chi connectivity index (χ0) is 20.1. The maximum Gasteiger partial charge on any atom is 0.228 e. The number of rotatable bonds is 6. The topological polar surface area (TPSA) is 48.0 Å². The third-order valence-electron chi connectivity index (χ3n) is 6.98. The highest BCUT2D eigenvalue weighted by Crippen LogP contribution is 2.64. The fourth-order valence-corrected chi connectivity index (χ4v) is 7.11. The largest absolute Gasteiger partial charge is 0.493 e. The number of nitrogens with zero attached hydrogens (tertiary/aromatic N) is 1. The molecule has 0 radical (unpaired) electrons. The van der Waals surface area contributed by atoms with E-state index in [0.29, 0.717) is 35.6 Å². The van der Waals surface area contributed by atoms with E-state index < -0.39 is 0 Å². The molecule has 4 fully saturated rings. The summed E-state index contributed by atoms with van der Waals surface area (Å²) in [5, 5.41) is 0. The fourth-order valence-electron chi connectivity index (χ4n) is 6.42. The molecule has 1 aromatic rings. The molecule has 5 nitrogen and oxygen atoms in total. The predicted molar refractivity (Wildman–Crippen MR) is 108 cm³/mol. The number of hydrogen-bond acceptors (Lipinski definition) is 4. The zero-order valence-electron chi connectivity index (χ0n) is 17.2. The van der Waals surface area contributed by atoms with Crippen molar-refractivity contribution in [3.8, 4) is 17.2 Å². The van der Waals surface area contributed by atoms with Gasteiger partial charge in [0.25, 0.3) is 0 Å². The summed E-state index contributed by atoms with van der Waals surface area (Å²) in [4.78, 5) is 15.3. The molecule has 5 rings (SSSR count). The summed E-state index contributed by atoms with van der Waals surface area (Å²) < 4.78 is 16.4. The average Bonchev–Trinajstić information content (AvgIpc) is 2.64. The maximum absolute atomic E-state index is 13.6. The van der Waals surface area contributed by atoms with Crippen LogP contribution in [0.4, 0.5) is 0 Å². The Morgan fingerprint density at radius 1 is 1.07 bits per heavy atom. The number of hydrogen-bond donors (Lipinski definition) is 0. The lowest BCUT2D eigenvalue weighted by atomic mass is 9.49. The molecule has 0 aliphatic heterocycles. The van der Waals surface area contributed by atoms with Crippen LogP contribution in [0.2, 0.25) is 0 Å². The number of alkyl halides is 1. The summed E-state index contributed by atoms with van der Waals surface area (Å²) in [6.45, 7) is 0.467. The Hall–Kier alpha value is -1.62. The first-order valence-corrected chi connectivity index (χ1v) is 10.4. The predicted octanol–water partition coefficient (Wildman–Crippen LogP) is 4.25. The van der Waals surface area contributed by atoms with Crippen molar-refractivity contribution in [1.29, 1.82) is 0 Å². The van der Waals surface area contributed by atoms with E-state index in [-0.39, 0.29) is 16.2 Å². The molecule has 0 N–H and O–H groups in total. The molecular weight excluding hydrogens is 378 g/mol. The fraction of sp³-hybridized carbons (Fsp3) is 0.682. The monoisotopic (exact) mass is 407 g/mol. The molecule has 1 amide bonds. The van der Waals surface area contributed by atoms with E-state index >= 15 is 0 Å². The Morgan fingerprint density at radius 3 is 2.25 bits per heavy atom. The normalized spacial score (nSPS) is 32.9. The Bertz CT molecular complexity index is 766. The van der Waals surface area contributed by atoms with E-state index in [9.17, 15) is 4.79 Å². The van der Waals surface area contributed by atoms with Gasteiger partial charge < -0.3 is 19.1 Å². The second-order valence-corrected chi connectivity index (χ2v) is 9.85. The van der Waals surface area contributed by atoms with E-state index in [0.717, 1.165) is 37.7 Å². The summed E-state index contributed by atoms with van der Waals surface area (Å²) >= 11 is 6.93. The van der Waals surface area contributed by atoms with Gasteiger partial charge in [0, 0.05) is 24.0 Å². The first kappa shape index (κ1) is 19.7. The van der Waals surface area contributed by atoms with Crippen LogP contribution in [0.5, 0.6) is 17.2 Å². The van der Waals surface area contributed by atoms with Gasteiger partial charge in [-0.15, -0.1) is 11.6 Å². The molecule has 6 heteroatoms. The van der Waals surface area contributed by atoms with Crippen LogP contribution in [-0.2, 0) is 11.3 Å². The van der Waals surface area contributed by atoms with E-state index in [1.807, 2.05) is 24.1 Å². The van der Waals surface area contributed by atoms with Crippen molar-refractivity contribution in [3.05, 3.63) is 17.7 Å². The summed E-state index contributed by atoms with van der Waals surface area (Å²) in [5.41, 5.74) is 0.617. The number of halogens is 1. The van der Waals surface area contributed by atoms with Crippen molar-refractivity contribution >= 4 is 17.5 Å². The van der Waals surface area contributed by atoms with Crippen LogP contribution in [-0.4, -0.2) is 44.1 Å². The number of amides is 1. The van der Waals surface area contributed by atoms with Gasteiger partial charge >= 0.3 is 0 Å². The van der Waals surface area contributed by atoms with Crippen LogP contribution in [0.1, 0.15) is 44.1 Å². The van der Waals surface area contributed by atoms with Gasteiger partial charge in [0.2, 0.25) is 11.7 Å². The quantitative estimate of drug-likeness (QED) is 0.661. The molecule has 1 aromatic carbocycles. The third kappa shape index (κ3) is 3.12. The molecule has 0 spiro atoms. The summed E-state index contributed by atoms with van der Waals surface area (Å²) in [6.07, 6.45) is 6.20. The van der Waals surface area contributed by atoms with Gasteiger partial charge in [-0.1, -0.05) is 0 Å². The Kier molecular flexibility index (Phi) is 4.93. The van der Waals surface area contributed by atoms with E-state index in [1.54, 1.807) is 21.3 Å². The van der Waals surface area contributed by atoms with Crippen LogP contribution in [0, 0.1) is 17.3 Å². The molecule has 4 atom stereocenters. The lowest BCUT2D eigenvalue weighted by molar-refractivity contribution is -0.155. The van der Waals surface area contributed by atoms with Crippen LogP contribution >= 0.6 is 11.6 Å². The molecule has 0 heterocycles. The van der Waals surface area contributed by atoms with Crippen molar-refractivity contribution in [3.63, 3.8) is 0 Å². The molecule has 4 saturated carbocycles. The minimum absolute atomic E-state index is 0.165. The second-order valence-electron chi connectivity index (χ2n) is 9.05. The zero-order valence-corrected chi connectivity index (χ0v) is 18.0. The number of benzene rings is 1. The molecule has 0 saturated heterocycles. The molecule has 2 unspecified atom stereocenters. The Morgan fingerprint density at radius 2 is 1.71 bits per heavy atom. The maximum atomic E-state index is 13.6. The first-order chi connectivity index (χ1) is 13.3. The number of carbonyl (C=O) groups is 1. The van der Waals surface area contributed by atoms with Gasteiger partial charge in [-0.2, -0.15) is 0 Å². The first-order valence-electron chi connectivity index (χ1n) is 10.1. The highest BCUT2D eigenvalue weighted by atomic mass is 35.5. The average molecular weight is 408 g/mol. The van der Waals surface area contributed by atoms with Crippen LogP contribution in [0.3, 0.4) is 0 Å². The van der Waals surface area contributed by atoms with E-state index in [2.05, 4.69) is 0 Å². The molecule has 4 aliphatic carbocycles. The van der Waals surface area contributed by atoms with Crippen LogP contribution < -0.4 is 14.2 Å². The standard InChI is InChI=1S/C22H30ClNO4/c1-24(12-16-5-6-17(26-2)19(28-4)18(16)27-3)20(25)21-8-14-7-15(9-21)11-22(23,10-14)13-21/h5-6,14-15H,7-13H2,1-4H3/t14-,15+,21?,22?. The van der Waals surface area contributed by atoms with Gasteiger partial charge in [0.1, 0.15) is 0 Å². The third-order valence-corrected chi connectivity index (χ3v) is 7.43. The lowest BCUT2D eigenvalue weighted by Gasteiger charge is -2.59. The second kappa shape index (κ2) is 7.01. The minimum Gasteiger partial charge on any atom is -0.493 e. The van der Waals surface area contributed by atoms with Crippen molar-refractivity contribution < 1.29 is 19.0 Å². The Labute approximate surface area is 172 Å². The van der Waals surface area contributed by atoms with E-state index in [4.69, 9.17) is 25.8 Å². The molecule has 154 valence electrons. The van der Waals surface area contributed by atoms with Crippen molar-refractivity contribution in [2.45, 2.75) is 49.9 Å². The van der Waals surface area contributed by atoms with Crippen molar-refractivity contribution in [2.75, 3.05) is 28.4 Å². The number of carbonyl (C=O) groups excluding carboxylic acids is 1. The Balaban J connectivity index is 1.58. The van der Waals surface area contributed by atoms with Crippen molar-refractivity contribution in [1.82, 2.24) is 4.90 Å². The van der Waals surface area contributed by atoms with Gasteiger partial charge in [0.05, 0.1) is 26.7 Å². The van der Waals surface area contributed by atoms with Gasteiger partial charge in [-0.25, -0.2) is 0 Å². The van der Waals surface area contributed by atoms with Gasteiger partial charge in [0.15, 0.2) is 11.5 Å². The lowest BCUT2D eigenvalue weighted by Crippen LogP contribution is -2.58. The highest BCUT2D eigenvalue weighted by molar-refractivity contribution is 6.24. The summed E-state index contributed by atoms with van der Waals surface area (Å²) in [6, 6.07) is 3.79. The van der Waals surface area contributed by atoms with Crippen LogP contribution in [0.25, 0.3) is 0 Å². The molecule has 28 heavy (non-hydrogen) atoms. The number of ether oxygens (including phenoxy) is 3. The molecule has 4 bridgehead atoms. The highest BCUT2D eigenvalue weighted by Gasteiger charge is 2.60. The summed E-state index contributed by atoms with van der Waals surface area (Å²) in [7, 11) is 6.69. The number of methoxy groups -OCH3 is 3. The van der Waals surface area contributed by atoms with E-state index in [1.165, 1.54) is 6.42 Å². The molecule has 0 aromatic heterocycles. The SMILES string of the molecule is COc1ccc(CN(C)C(=O)C23C[C@@H]4C[C@@H](CC(Cl)(C4)C2)C3)c(OC)c1OC. The van der Waals surface area contributed by atoms with Gasteiger partial charge in [-0.3, -0.25) is 4.79 Å². The van der Waals surface area contributed by atoms with Crippen molar-refractivity contribution in [2.24, 2.45) is 17.3 Å². The van der Waals surface area contributed by atoms with Crippen LogP contribution in [0.15, 0.2) is 12.1 Å². The summed E-state index contributed by atoms with van der Waals surface area (Å²) in [5.74, 6) is 3.21.